The minimum atomic E-state index is 0.106. The first-order valence-electron chi connectivity index (χ1n) is 6.89. The minimum Gasteiger partial charge on any atom is -0.373 e. The van der Waals surface area contributed by atoms with E-state index in [2.05, 4.69) is 27.7 Å². The van der Waals surface area contributed by atoms with Crippen molar-refractivity contribution in [3.63, 3.8) is 0 Å². The van der Waals surface area contributed by atoms with Gasteiger partial charge in [-0.15, -0.1) is 0 Å². The SMILES string of the molecule is CCNC(C)CC(=O)NCCN(C)c1ccccc1. The second-order valence-corrected chi connectivity index (χ2v) is 4.77. The minimum absolute atomic E-state index is 0.106. The van der Waals surface area contributed by atoms with Gasteiger partial charge in [0.15, 0.2) is 0 Å². The van der Waals surface area contributed by atoms with Crippen LogP contribution in [0, 0.1) is 0 Å². The Morgan fingerprint density at radius 2 is 2.00 bits per heavy atom. The highest BCUT2D eigenvalue weighted by Crippen LogP contribution is 2.09. The summed E-state index contributed by atoms with van der Waals surface area (Å²) in [5.74, 6) is 0.106. The van der Waals surface area contributed by atoms with E-state index in [0.717, 1.165) is 18.8 Å². The molecule has 0 aliphatic carbocycles. The van der Waals surface area contributed by atoms with Gasteiger partial charge >= 0.3 is 0 Å². The third kappa shape index (κ3) is 6.25. The Labute approximate surface area is 116 Å². The number of anilines is 1. The zero-order chi connectivity index (χ0) is 14.1. The van der Waals surface area contributed by atoms with Crippen molar-refractivity contribution >= 4 is 11.6 Å². The second kappa shape index (κ2) is 8.53. The summed E-state index contributed by atoms with van der Waals surface area (Å²) in [6.07, 6.45) is 0.531. The first-order chi connectivity index (χ1) is 9.13. The predicted molar refractivity (Wildman–Crippen MR) is 80.5 cm³/mol. The first kappa shape index (κ1) is 15.5. The van der Waals surface area contributed by atoms with E-state index in [0.29, 0.717) is 13.0 Å². The summed E-state index contributed by atoms with van der Waals surface area (Å²) in [6, 6.07) is 10.4. The van der Waals surface area contributed by atoms with Crippen LogP contribution in [0.3, 0.4) is 0 Å². The van der Waals surface area contributed by atoms with E-state index in [4.69, 9.17) is 0 Å². The van der Waals surface area contributed by atoms with Crippen molar-refractivity contribution in [3.8, 4) is 0 Å². The van der Waals surface area contributed by atoms with Gasteiger partial charge in [-0.2, -0.15) is 0 Å². The summed E-state index contributed by atoms with van der Waals surface area (Å²) in [5.41, 5.74) is 1.16. The third-order valence-corrected chi connectivity index (χ3v) is 3.01. The standard InChI is InChI=1S/C15H25N3O/c1-4-16-13(2)12-15(19)17-10-11-18(3)14-8-6-5-7-9-14/h5-9,13,16H,4,10-12H2,1-3H3,(H,17,19). The van der Waals surface area contributed by atoms with Crippen LogP contribution in [0.5, 0.6) is 0 Å². The van der Waals surface area contributed by atoms with Crippen molar-refractivity contribution in [1.82, 2.24) is 10.6 Å². The summed E-state index contributed by atoms with van der Waals surface area (Å²) in [5, 5.41) is 6.18. The van der Waals surface area contributed by atoms with Gasteiger partial charge < -0.3 is 15.5 Å². The molecule has 4 heteroatoms. The van der Waals surface area contributed by atoms with Crippen LogP contribution in [0.4, 0.5) is 5.69 Å². The molecule has 1 amide bonds. The number of hydrogen-bond acceptors (Lipinski definition) is 3. The Bertz CT molecular complexity index is 367. The molecule has 0 aliphatic heterocycles. The van der Waals surface area contributed by atoms with Crippen LogP contribution >= 0.6 is 0 Å². The zero-order valence-corrected chi connectivity index (χ0v) is 12.1. The number of para-hydroxylation sites is 1. The van der Waals surface area contributed by atoms with E-state index in [9.17, 15) is 4.79 Å². The van der Waals surface area contributed by atoms with Crippen molar-refractivity contribution in [2.75, 3.05) is 31.6 Å². The van der Waals surface area contributed by atoms with Gasteiger partial charge in [0.1, 0.15) is 0 Å². The predicted octanol–water partition coefficient (Wildman–Crippen LogP) is 1.63. The number of amides is 1. The highest BCUT2D eigenvalue weighted by atomic mass is 16.1. The maximum Gasteiger partial charge on any atom is 0.221 e. The lowest BCUT2D eigenvalue weighted by Gasteiger charge is -2.19. The molecule has 0 aromatic heterocycles. The molecular formula is C15H25N3O. The topological polar surface area (TPSA) is 44.4 Å². The molecule has 1 aromatic carbocycles. The van der Waals surface area contributed by atoms with Gasteiger partial charge in [0.05, 0.1) is 0 Å². The normalized spacial score (nSPS) is 11.9. The molecule has 0 fully saturated rings. The molecule has 0 saturated carbocycles. The van der Waals surface area contributed by atoms with Crippen LogP contribution in [-0.4, -0.2) is 38.6 Å². The van der Waals surface area contributed by atoms with Gasteiger partial charge in [0, 0.05) is 38.3 Å². The van der Waals surface area contributed by atoms with Crippen LogP contribution in [0.25, 0.3) is 0 Å². The number of hydrogen-bond donors (Lipinski definition) is 2. The van der Waals surface area contributed by atoms with Crippen molar-refractivity contribution in [1.29, 1.82) is 0 Å². The Kier molecular flexibility index (Phi) is 6.97. The van der Waals surface area contributed by atoms with Crippen molar-refractivity contribution in [2.45, 2.75) is 26.3 Å². The molecule has 106 valence electrons. The number of likely N-dealkylation sites (N-methyl/N-ethyl adjacent to an activating group) is 1. The summed E-state index contributed by atoms with van der Waals surface area (Å²) in [4.78, 5) is 13.8. The fraction of sp³-hybridized carbons (Fsp3) is 0.533. The number of carbonyl (C=O) groups excluding carboxylic acids is 1. The van der Waals surface area contributed by atoms with E-state index in [1.165, 1.54) is 0 Å². The fourth-order valence-electron chi connectivity index (χ4n) is 1.95. The van der Waals surface area contributed by atoms with Gasteiger partial charge in [0.2, 0.25) is 5.91 Å². The van der Waals surface area contributed by atoms with E-state index in [1.807, 2.05) is 39.1 Å². The third-order valence-electron chi connectivity index (χ3n) is 3.01. The molecule has 0 aliphatic rings. The largest absolute Gasteiger partial charge is 0.373 e. The summed E-state index contributed by atoms with van der Waals surface area (Å²) < 4.78 is 0. The lowest BCUT2D eigenvalue weighted by molar-refractivity contribution is -0.121. The summed E-state index contributed by atoms with van der Waals surface area (Å²) >= 11 is 0. The molecule has 1 aromatic rings. The van der Waals surface area contributed by atoms with Crippen LogP contribution in [0.15, 0.2) is 30.3 Å². The first-order valence-corrected chi connectivity index (χ1v) is 6.89. The number of rotatable bonds is 8. The van der Waals surface area contributed by atoms with Gasteiger partial charge in [-0.1, -0.05) is 25.1 Å². The second-order valence-electron chi connectivity index (χ2n) is 4.77. The average Bonchev–Trinajstić information content (AvgIpc) is 2.39. The van der Waals surface area contributed by atoms with E-state index in [1.54, 1.807) is 0 Å². The van der Waals surface area contributed by atoms with Crippen LogP contribution in [0.2, 0.25) is 0 Å². The van der Waals surface area contributed by atoms with Crippen LogP contribution < -0.4 is 15.5 Å². The molecule has 0 radical (unpaired) electrons. The molecular weight excluding hydrogens is 238 g/mol. The average molecular weight is 263 g/mol. The Hall–Kier alpha value is -1.55. The number of nitrogens with zero attached hydrogens (tertiary/aromatic N) is 1. The molecule has 0 saturated heterocycles. The quantitative estimate of drug-likeness (QED) is 0.749. The van der Waals surface area contributed by atoms with Gasteiger partial charge in [-0.25, -0.2) is 0 Å². The molecule has 19 heavy (non-hydrogen) atoms. The zero-order valence-electron chi connectivity index (χ0n) is 12.1. The number of nitrogens with one attached hydrogen (secondary N) is 2. The molecule has 0 heterocycles. The monoisotopic (exact) mass is 263 g/mol. The van der Waals surface area contributed by atoms with Gasteiger partial charge in [-0.3, -0.25) is 4.79 Å². The Morgan fingerprint density at radius 3 is 2.63 bits per heavy atom. The summed E-state index contributed by atoms with van der Waals surface area (Å²) in [7, 11) is 2.03. The van der Waals surface area contributed by atoms with E-state index < -0.39 is 0 Å². The smallest absolute Gasteiger partial charge is 0.221 e. The molecule has 2 N–H and O–H groups in total. The van der Waals surface area contributed by atoms with Crippen LogP contribution in [-0.2, 0) is 4.79 Å². The highest BCUT2D eigenvalue weighted by Gasteiger charge is 2.07. The Balaban J connectivity index is 2.21. The van der Waals surface area contributed by atoms with Crippen LogP contribution in [0.1, 0.15) is 20.3 Å². The molecule has 1 unspecified atom stereocenters. The fourth-order valence-corrected chi connectivity index (χ4v) is 1.95. The maximum atomic E-state index is 11.7. The van der Waals surface area contributed by atoms with Crippen molar-refractivity contribution in [2.24, 2.45) is 0 Å². The lowest BCUT2D eigenvalue weighted by Crippen LogP contribution is -2.37. The molecule has 4 nitrogen and oxygen atoms in total. The number of carbonyl (C=O) groups is 1. The van der Waals surface area contributed by atoms with Gasteiger partial charge in [0.25, 0.3) is 0 Å². The maximum absolute atomic E-state index is 11.7. The van der Waals surface area contributed by atoms with Crippen molar-refractivity contribution < 1.29 is 4.79 Å². The molecule has 1 rings (SSSR count). The molecule has 1 atom stereocenters. The molecule has 0 spiro atoms. The summed E-state index contributed by atoms with van der Waals surface area (Å²) in [6.45, 7) is 6.45. The lowest BCUT2D eigenvalue weighted by atomic mass is 10.2. The molecule has 0 bridgehead atoms. The number of benzene rings is 1. The highest BCUT2D eigenvalue weighted by molar-refractivity contribution is 5.76. The van der Waals surface area contributed by atoms with Crippen molar-refractivity contribution in [3.05, 3.63) is 30.3 Å². The Morgan fingerprint density at radius 1 is 1.32 bits per heavy atom. The van der Waals surface area contributed by atoms with E-state index >= 15 is 0 Å². The van der Waals surface area contributed by atoms with E-state index in [-0.39, 0.29) is 11.9 Å². The van der Waals surface area contributed by atoms with Gasteiger partial charge in [-0.05, 0) is 25.6 Å².